The van der Waals surface area contributed by atoms with Crippen LogP contribution in [0.25, 0.3) is 0 Å². The molecule has 2 heterocycles. The van der Waals surface area contributed by atoms with Crippen LogP contribution < -0.4 is 10.9 Å². The van der Waals surface area contributed by atoms with Crippen LogP contribution in [0.2, 0.25) is 0 Å². The standard InChI is InChI=1S/C16H17N3O2S2/c1-10-8-12-14(23-10)15(21)19(2)16(18-12)22-9-13(20)17-11-6-4-3-5-7-11/h3-7,10H,8-9H2,1-2H3,(H,17,20). The van der Waals surface area contributed by atoms with Gasteiger partial charge >= 0.3 is 0 Å². The third-order valence-corrected chi connectivity index (χ3v) is 5.71. The Morgan fingerprint density at radius 1 is 1.43 bits per heavy atom. The molecular weight excluding hydrogens is 330 g/mol. The summed E-state index contributed by atoms with van der Waals surface area (Å²) in [6.07, 6.45) is 0.805. The highest BCUT2D eigenvalue weighted by atomic mass is 32.2. The summed E-state index contributed by atoms with van der Waals surface area (Å²) in [5.41, 5.74) is 1.60. The topological polar surface area (TPSA) is 64.0 Å². The van der Waals surface area contributed by atoms with Crippen LogP contribution >= 0.6 is 23.5 Å². The smallest absolute Gasteiger partial charge is 0.267 e. The largest absolute Gasteiger partial charge is 0.325 e. The van der Waals surface area contributed by atoms with Gasteiger partial charge in [0.2, 0.25) is 5.91 Å². The van der Waals surface area contributed by atoms with E-state index in [1.807, 2.05) is 30.3 Å². The number of hydrogen-bond acceptors (Lipinski definition) is 5. The number of carbonyl (C=O) groups is 1. The monoisotopic (exact) mass is 347 g/mol. The Balaban J connectivity index is 1.69. The van der Waals surface area contributed by atoms with E-state index >= 15 is 0 Å². The second kappa shape index (κ2) is 6.80. The molecule has 0 saturated heterocycles. The summed E-state index contributed by atoms with van der Waals surface area (Å²) < 4.78 is 1.53. The predicted octanol–water partition coefficient (Wildman–Crippen LogP) is 2.55. The molecule has 1 aromatic heterocycles. The van der Waals surface area contributed by atoms with Crippen molar-refractivity contribution in [2.45, 2.75) is 28.6 Å². The van der Waals surface area contributed by atoms with E-state index in [0.29, 0.717) is 10.4 Å². The minimum atomic E-state index is -0.112. The molecule has 23 heavy (non-hydrogen) atoms. The summed E-state index contributed by atoms with van der Waals surface area (Å²) in [6, 6.07) is 9.31. The molecule has 0 spiro atoms. The fourth-order valence-corrected chi connectivity index (χ4v) is 4.28. The SMILES string of the molecule is CC1Cc2nc(SCC(=O)Nc3ccccc3)n(C)c(=O)c2S1. The van der Waals surface area contributed by atoms with Crippen LogP contribution in [-0.2, 0) is 18.3 Å². The number of carbonyl (C=O) groups excluding carboxylic acids is 1. The number of rotatable bonds is 4. The molecule has 0 bridgehead atoms. The first-order valence-electron chi connectivity index (χ1n) is 7.29. The van der Waals surface area contributed by atoms with Gasteiger partial charge in [0.25, 0.3) is 5.56 Å². The van der Waals surface area contributed by atoms with Crippen molar-refractivity contribution < 1.29 is 4.79 Å². The van der Waals surface area contributed by atoms with E-state index in [2.05, 4.69) is 17.2 Å². The van der Waals surface area contributed by atoms with Crippen molar-refractivity contribution in [3.63, 3.8) is 0 Å². The van der Waals surface area contributed by atoms with Crippen molar-refractivity contribution in [2.75, 3.05) is 11.1 Å². The molecule has 1 atom stereocenters. The molecule has 1 unspecified atom stereocenters. The maximum absolute atomic E-state index is 12.4. The van der Waals surface area contributed by atoms with Gasteiger partial charge in [-0.15, -0.1) is 11.8 Å². The molecule has 3 rings (SSSR count). The number of nitrogens with zero attached hydrogens (tertiary/aromatic N) is 2. The number of hydrogen-bond donors (Lipinski definition) is 1. The quantitative estimate of drug-likeness (QED) is 0.680. The van der Waals surface area contributed by atoms with Crippen molar-refractivity contribution in [2.24, 2.45) is 7.05 Å². The summed E-state index contributed by atoms with van der Waals surface area (Å²) in [5, 5.41) is 3.80. The second-order valence-corrected chi connectivity index (χ2v) is 7.76. The van der Waals surface area contributed by atoms with Crippen LogP contribution in [0.5, 0.6) is 0 Å². The van der Waals surface area contributed by atoms with Crippen LogP contribution in [0.1, 0.15) is 12.6 Å². The van der Waals surface area contributed by atoms with Crippen LogP contribution in [0, 0.1) is 0 Å². The van der Waals surface area contributed by atoms with Crippen molar-refractivity contribution in [3.8, 4) is 0 Å². The summed E-state index contributed by atoms with van der Waals surface area (Å²) in [5.74, 6) is 0.107. The molecule has 1 aliphatic heterocycles. The summed E-state index contributed by atoms with van der Waals surface area (Å²) in [7, 11) is 1.70. The lowest BCUT2D eigenvalue weighted by atomic mass is 10.2. The molecule has 0 fully saturated rings. The van der Waals surface area contributed by atoms with Gasteiger partial charge in [0.1, 0.15) is 0 Å². The Labute approximate surface area is 142 Å². The first-order chi connectivity index (χ1) is 11.0. The van der Waals surface area contributed by atoms with Crippen molar-refractivity contribution in [1.29, 1.82) is 0 Å². The first kappa shape index (κ1) is 16.1. The van der Waals surface area contributed by atoms with Gasteiger partial charge in [-0.25, -0.2) is 4.98 Å². The van der Waals surface area contributed by atoms with Crippen molar-refractivity contribution in [1.82, 2.24) is 9.55 Å². The Hall–Kier alpha value is -1.73. The third-order valence-electron chi connectivity index (χ3n) is 3.47. The Morgan fingerprint density at radius 2 is 2.17 bits per heavy atom. The number of para-hydroxylation sites is 1. The zero-order chi connectivity index (χ0) is 16.4. The highest BCUT2D eigenvalue weighted by Gasteiger charge is 2.25. The van der Waals surface area contributed by atoms with Crippen molar-refractivity contribution >= 4 is 35.1 Å². The van der Waals surface area contributed by atoms with Gasteiger partial charge in [-0.1, -0.05) is 36.9 Å². The van der Waals surface area contributed by atoms with Gasteiger partial charge in [0, 0.05) is 24.4 Å². The molecule has 1 aliphatic rings. The first-order valence-corrected chi connectivity index (χ1v) is 9.15. The molecular formula is C16H17N3O2S2. The molecule has 0 radical (unpaired) electrons. The molecule has 1 amide bonds. The van der Waals surface area contributed by atoms with E-state index < -0.39 is 0 Å². The van der Waals surface area contributed by atoms with Crippen LogP contribution in [0.4, 0.5) is 5.69 Å². The van der Waals surface area contributed by atoms with Gasteiger partial charge in [-0.3, -0.25) is 14.2 Å². The van der Waals surface area contributed by atoms with Gasteiger partial charge in [0.15, 0.2) is 5.16 Å². The molecule has 0 saturated carbocycles. The summed E-state index contributed by atoms with van der Waals surface area (Å²) in [4.78, 5) is 29.7. The van der Waals surface area contributed by atoms with Crippen LogP contribution in [0.15, 0.2) is 45.2 Å². The van der Waals surface area contributed by atoms with Gasteiger partial charge in [0.05, 0.1) is 16.3 Å². The highest BCUT2D eigenvalue weighted by Crippen LogP contribution is 2.33. The fraction of sp³-hybridized carbons (Fsp3) is 0.312. The Bertz CT molecular complexity index is 790. The molecule has 0 aliphatic carbocycles. The van der Waals surface area contributed by atoms with Crippen LogP contribution in [0.3, 0.4) is 0 Å². The molecule has 5 nitrogen and oxygen atoms in total. The highest BCUT2D eigenvalue weighted by molar-refractivity contribution is 8.00. The lowest BCUT2D eigenvalue weighted by molar-refractivity contribution is -0.113. The zero-order valence-corrected chi connectivity index (χ0v) is 14.5. The Kier molecular flexibility index (Phi) is 4.77. The van der Waals surface area contributed by atoms with E-state index in [0.717, 1.165) is 22.7 Å². The number of nitrogens with one attached hydrogen (secondary N) is 1. The third kappa shape index (κ3) is 3.61. The normalized spacial score (nSPS) is 16.2. The van der Waals surface area contributed by atoms with E-state index in [-0.39, 0.29) is 17.2 Å². The maximum Gasteiger partial charge on any atom is 0.267 e. The summed E-state index contributed by atoms with van der Waals surface area (Å²) in [6.45, 7) is 2.09. The molecule has 1 aromatic carbocycles. The predicted molar refractivity (Wildman–Crippen MR) is 94.3 cm³/mol. The average Bonchev–Trinajstić information content (AvgIpc) is 2.91. The molecule has 7 heteroatoms. The van der Waals surface area contributed by atoms with Crippen LogP contribution in [-0.4, -0.2) is 26.5 Å². The van der Waals surface area contributed by atoms with E-state index in [1.165, 1.54) is 16.3 Å². The second-order valence-electron chi connectivity index (χ2n) is 5.37. The summed E-state index contributed by atoms with van der Waals surface area (Å²) >= 11 is 2.87. The molecule has 120 valence electrons. The van der Waals surface area contributed by atoms with Gasteiger partial charge in [-0.2, -0.15) is 0 Å². The van der Waals surface area contributed by atoms with E-state index in [9.17, 15) is 9.59 Å². The Morgan fingerprint density at radius 3 is 2.91 bits per heavy atom. The maximum atomic E-state index is 12.4. The molecule has 1 N–H and O–H groups in total. The van der Waals surface area contributed by atoms with Gasteiger partial charge in [-0.05, 0) is 12.1 Å². The molecule has 2 aromatic rings. The number of anilines is 1. The lowest BCUT2D eigenvalue weighted by Gasteiger charge is -2.09. The minimum Gasteiger partial charge on any atom is -0.325 e. The number of fused-ring (bicyclic) bond motifs is 1. The zero-order valence-electron chi connectivity index (χ0n) is 12.9. The number of benzene rings is 1. The van der Waals surface area contributed by atoms with E-state index in [4.69, 9.17) is 0 Å². The number of aromatic nitrogens is 2. The van der Waals surface area contributed by atoms with Gasteiger partial charge < -0.3 is 5.32 Å². The fourth-order valence-electron chi connectivity index (χ4n) is 2.35. The minimum absolute atomic E-state index is 0.0182. The van der Waals surface area contributed by atoms with Crippen molar-refractivity contribution in [3.05, 3.63) is 46.4 Å². The van der Waals surface area contributed by atoms with E-state index in [1.54, 1.807) is 18.8 Å². The lowest BCUT2D eigenvalue weighted by Crippen LogP contribution is -2.23. The average molecular weight is 347 g/mol. The number of amides is 1. The number of thioether (sulfide) groups is 2.